The molecule has 0 spiro atoms. The number of hydrogen-bond acceptors (Lipinski definition) is 4. The summed E-state index contributed by atoms with van der Waals surface area (Å²) in [6.45, 7) is 1.43. The number of aliphatic hydroxyl groups is 1. The van der Waals surface area contributed by atoms with Crippen LogP contribution in [0.15, 0.2) is 83.8 Å². The van der Waals surface area contributed by atoms with Gasteiger partial charge >= 0.3 is 0 Å². The number of halogens is 2. The van der Waals surface area contributed by atoms with Gasteiger partial charge in [0.1, 0.15) is 5.60 Å². The minimum atomic E-state index is -3.88. The molecule has 2 unspecified atom stereocenters. The fourth-order valence-electron chi connectivity index (χ4n) is 5.99. The Labute approximate surface area is 229 Å². The van der Waals surface area contributed by atoms with E-state index in [-0.39, 0.29) is 22.0 Å². The molecular formula is C29H32Cl2N2O3S. The molecule has 3 aromatic rings. The van der Waals surface area contributed by atoms with Crippen LogP contribution in [0.2, 0.25) is 10.0 Å². The van der Waals surface area contributed by atoms with E-state index in [4.69, 9.17) is 23.2 Å². The number of nitrogens with zero attached hydrogens (tertiary/aromatic N) is 2. The lowest BCUT2D eigenvalue weighted by Gasteiger charge is -2.49. The van der Waals surface area contributed by atoms with Gasteiger partial charge in [0, 0.05) is 25.2 Å². The van der Waals surface area contributed by atoms with Crippen molar-refractivity contribution in [3.8, 4) is 0 Å². The molecule has 2 atom stereocenters. The van der Waals surface area contributed by atoms with Gasteiger partial charge in [-0.2, -0.15) is 0 Å². The van der Waals surface area contributed by atoms with Crippen molar-refractivity contribution in [2.75, 3.05) is 17.4 Å². The van der Waals surface area contributed by atoms with Crippen LogP contribution >= 0.6 is 23.2 Å². The van der Waals surface area contributed by atoms with E-state index < -0.39 is 15.6 Å². The molecular weight excluding hydrogens is 527 g/mol. The maximum Gasteiger partial charge on any atom is 0.264 e. The summed E-state index contributed by atoms with van der Waals surface area (Å²) in [6.07, 6.45) is 5.08. The Kier molecular flexibility index (Phi) is 7.85. The summed E-state index contributed by atoms with van der Waals surface area (Å²) in [5.74, 6) is 0. The fraction of sp³-hybridized carbons (Fsp3) is 0.379. The maximum atomic E-state index is 13.9. The Morgan fingerprint density at radius 1 is 0.838 bits per heavy atom. The Morgan fingerprint density at radius 2 is 1.49 bits per heavy atom. The van der Waals surface area contributed by atoms with Gasteiger partial charge in [-0.3, -0.25) is 9.21 Å². The van der Waals surface area contributed by atoms with Gasteiger partial charge in [-0.15, -0.1) is 0 Å². The summed E-state index contributed by atoms with van der Waals surface area (Å²) >= 11 is 12.3. The SMILES string of the molecule is O=S(=O)(c1ccc(Cl)c(Cl)c1)N(c1ccccc1)C1CCN(C2CCCCC2(O)c2ccccc2)CC1. The van der Waals surface area contributed by atoms with Gasteiger partial charge in [0.15, 0.2) is 0 Å². The molecule has 1 N–H and O–H groups in total. The second-order valence-electron chi connectivity index (χ2n) is 10.0. The summed E-state index contributed by atoms with van der Waals surface area (Å²) < 4.78 is 29.4. The number of piperidine rings is 1. The number of sulfonamides is 1. The molecule has 0 amide bonds. The van der Waals surface area contributed by atoms with Gasteiger partial charge in [0.2, 0.25) is 0 Å². The summed E-state index contributed by atoms with van der Waals surface area (Å²) in [5.41, 5.74) is 0.706. The third kappa shape index (κ3) is 5.27. The summed E-state index contributed by atoms with van der Waals surface area (Å²) in [7, 11) is -3.88. The van der Waals surface area contributed by atoms with E-state index in [0.29, 0.717) is 36.6 Å². The molecule has 3 aromatic carbocycles. The average molecular weight is 560 g/mol. The van der Waals surface area contributed by atoms with Crippen molar-refractivity contribution >= 4 is 38.9 Å². The van der Waals surface area contributed by atoms with Crippen molar-refractivity contribution in [1.29, 1.82) is 0 Å². The molecule has 1 heterocycles. The first-order valence-corrected chi connectivity index (χ1v) is 15.1. The third-order valence-electron chi connectivity index (χ3n) is 7.84. The number of rotatable bonds is 6. The van der Waals surface area contributed by atoms with Crippen LogP contribution in [-0.4, -0.2) is 43.6 Å². The number of likely N-dealkylation sites (tertiary alicyclic amines) is 1. The summed E-state index contributed by atoms with van der Waals surface area (Å²) in [4.78, 5) is 2.50. The third-order valence-corrected chi connectivity index (χ3v) is 10.5. The minimum absolute atomic E-state index is 0.0152. The van der Waals surface area contributed by atoms with Crippen molar-refractivity contribution in [3.05, 3.63) is 94.5 Å². The standard InChI is InChI=1S/C29H32Cl2N2O3S/c30-26-15-14-25(21-27(26)31)37(35,36)33(23-11-5-2-6-12-23)24-16-19-32(20-17-24)28-13-7-8-18-29(28,34)22-9-3-1-4-10-22/h1-6,9-12,14-15,21,24,28,34H,7-8,13,16-20H2. The quantitative estimate of drug-likeness (QED) is 0.376. The zero-order valence-corrected chi connectivity index (χ0v) is 23.0. The van der Waals surface area contributed by atoms with Crippen LogP contribution in [0.5, 0.6) is 0 Å². The predicted molar refractivity (Wildman–Crippen MR) is 150 cm³/mol. The lowest BCUT2D eigenvalue weighted by Crippen LogP contribution is -2.57. The number of anilines is 1. The first-order chi connectivity index (χ1) is 17.8. The fourth-order valence-corrected chi connectivity index (χ4v) is 8.09. The molecule has 0 aromatic heterocycles. The molecule has 0 radical (unpaired) electrons. The topological polar surface area (TPSA) is 60.9 Å². The minimum Gasteiger partial charge on any atom is -0.384 e. The van der Waals surface area contributed by atoms with Crippen molar-refractivity contribution in [2.24, 2.45) is 0 Å². The van der Waals surface area contributed by atoms with Gasteiger partial charge in [0.05, 0.1) is 20.6 Å². The second kappa shape index (κ2) is 11.0. The highest BCUT2D eigenvalue weighted by Crippen LogP contribution is 2.42. The van der Waals surface area contributed by atoms with E-state index in [9.17, 15) is 13.5 Å². The van der Waals surface area contributed by atoms with Gasteiger partial charge in [-0.05, 0) is 61.6 Å². The molecule has 5 rings (SSSR count). The van der Waals surface area contributed by atoms with Crippen LogP contribution in [-0.2, 0) is 15.6 Å². The predicted octanol–water partition coefficient (Wildman–Crippen LogP) is 6.48. The number of benzene rings is 3. The highest BCUT2D eigenvalue weighted by atomic mass is 35.5. The van der Waals surface area contributed by atoms with Crippen LogP contribution < -0.4 is 4.31 Å². The smallest absolute Gasteiger partial charge is 0.264 e. The number of para-hydroxylation sites is 1. The first kappa shape index (κ1) is 26.5. The maximum absolute atomic E-state index is 13.9. The Morgan fingerprint density at radius 3 is 2.14 bits per heavy atom. The van der Waals surface area contributed by atoms with Gasteiger partial charge < -0.3 is 5.11 Å². The zero-order valence-electron chi connectivity index (χ0n) is 20.6. The van der Waals surface area contributed by atoms with Gasteiger partial charge in [0.25, 0.3) is 10.0 Å². The van der Waals surface area contributed by atoms with Crippen LogP contribution in [0.4, 0.5) is 5.69 Å². The van der Waals surface area contributed by atoms with E-state index in [1.807, 2.05) is 60.7 Å². The lowest BCUT2D eigenvalue weighted by atomic mass is 9.74. The Bertz CT molecular complexity index is 1320. The van der Waals surface area contributed by atoms with Gasteiger partial charge in [-0.1, -0.05) is 84.6 Å². The Balaban J connectivity index is 1.41. The summed E-state index contributed by atoms with van der Waals surface area (Å²) in [5, 5.41) is 12.4. The van der Waals surface area contributed by atoms with Crippen molar-refractivity contribution in [3.63, 3.8) is 0 Å². The Hall–Kier alpha value is -2.09. The van der Waals surface area contributed by atoms with Crippen LogP contribution in [0.25, 0.3) is 0 Å². The normalized spacial score (nSPS) is 23.6. The van der Waals surface area contributed by atoms with E-state index in [1.54, 1.807) is 4.31 Å². The highest BCUT2D eigenvalue weighted by Gasteiger charge is 2.45. The van der Waals surface area contributed by atoms with E-state index in [1.165, 1.54) is 18.2 Å². The van der Waals surface area contributed by atoms with Crippen LogP contribution in [0.1, 0.15) is 44.1 Å². The molecule has 196 valence electrons. The average Bonchev–Trinajstić information content (AvgIpc) is 2.92. The molecule has 2 aliphatic rings. The van der Waals surface area contributed by atoms with E-state index >= 15 is 0 Å². The largest absolute Gasteiger partial charge is 0.384 e. The molecule has 1 aliphatic carbocycles. The highest BCUT2D eigenvalue weighted by molar-refractivity contribution is 7.92. The monoisotopic (exact) mass is 558 g/mol. The van der Waals surface area contributed by atoms with Gasteiger partial charge in [-0.25, -0.2) is 8.42 Å². The second-order valence-corrected chi connectivity index (χ2v) is 12.7. The first-order valence-electron chi connectivity index (χ1n) is 12.9. The van der Waals surface area contributed by atoms with Crippen molar-refractivity contribution in [2.45, 2.75) is 61.1 Å². The molecule has 1 saturated heterocycles. The van der Waals surface area contributed by atoms with E-state index in [2.05, 4.69) is 4.90 Å². The van der Waals surface area contributed by atoms with Crippen molar-refractivity contribution < 1.29 is 13.5 Å². The van der Waals surface area contributed by atoms with E-state index in [0.717, 1.165) is 31.2 Å². The zero-order chi connectivity index (χ0) is 26.0. The van der Waals surface area contributed by atoms with Crippen molar-refractivity contribution in [1.82, 2.24) is 4.90 Å². The molecule has 8 heteroatoms. The summed E-state index contributed by atoms with van der Waals surface area (Å²) in [6, 6.07) is 23.5. The number of hydrogen-bond donors (Lipinski definition) is 1. The van der Waals surface area contributed by atoms with Crippen LogP contribution in [0, 0.1) is 0 Å². The molecule has 1 saturated carbocycles. The molecule has 37 heavy (non-hydrogen) atoms. The lowest BCUT2D eigenvalue weighted by molar-refractivity contribution is -0.0849. The van der Waals surface area contributed by atoms with Crippen LogP contribution in [0.3, 0.4) is 0 Å². The molecule has 2 fully saturated rings. The molecule has 0 bridgehead atoms. The molecule has 1 aliphatic heterocycles. The molecule has 5 nitrogen and oxygen atoms in total.